The fourth-order valence-corrected chi connectivity index (χ4v) is 3.20. The number of ether oxygens (including phenoxy) is 2. The highest BCUT2D eigenvalue weighted by molar-refractivity contribution is 9.10. The first-order valence-corrected chi connectivity index (χ1v) is 11.3. The van der Waals surface area contributed by atoms with E-state index in [-0.39, 0.29) is 12.4 Å². The molecule has 0 spiro atoms. The molecule has 1 aromatic carbocycles. The molecule has 1 saturated heterocycles. The Morgan fingerprint density at radius 2 is 2.05 bits per heavy atom. The van der Waals surface area contributed by atoms with E-state index in [0.717, 1.165) is 23.9 Å². The average Bonchev–Trinajstić information content (AvgIpc) is 2.39. The number of rotatable bonds is 5. The quantitative estimate of drug-likeness (QED) is 0.745. The molecule has 0 amide bonds. The van der Waals surface area contributed by atoms with Crippen molar-refractivity contribution in [3.8, 4) is 0 Å². The topological polar surface area (TPSA) is 27.7 Å². The Morgan fingerprint density at radius 3 is 2.75 bits per heavy atom. The van der Waals surface area contributed by atoms with Crippen LogP contribution < -0.4 is 0 Å². The number of hydrogen-bond donors (Lipinski definition) is 0. The summed E-state index contributed by atoms with van der Waals surface area (Å²) >= 11 is 3.56. The van der Waals surface area contributed by atoms with Crippen LogP contribution in [0, 0.1) is 0 Å². The zero-order chi connectivity index (χ0) is 14.6. The smallest absolute Gasteiger partial charge is 0.183 e. The van der Waals surface area contributed by atoms with Crippen molar-refractivity contribution in [2.24, 2.45) is 0 Å². The van der Waals surface area contributed by atoms with E-state index in [4.69, 9.17) is 13.9 Å². The Morgan fingerprint density at radius 1 is 1.30 bits per heavy atom. The van der Waals surface area contributed by atoms with Crippen molar-refractivity contribution >= 4 is 24.2 Å². The van der Waals surface area contributed by atoms with Crippen molar-refractivity contribution in [2.45, 2.75) is 44.9 Å². The Bertz CT molecular complexity index is 433. The van der Waals surface area contributed by atoms with Gasteiger partial charge in [-0.2, -0.15) is 0 Å². The highest BCUT2D eigenvalue weighted by Gasteiger charge is 2.25. The van der Waals surface area contributed by atoms with Gasteiger partial charge in [0, 0.05) is 10.9 Å². The van der Waals surface area contributed by atoms with Gasteiger partial charge in [-0.15, -0.1) is 0 Å². The molecule has 20 heavy (non-hydrogen) atoms. The Labute approximate surface area is 130 Å². The van der Waals surface area contributed by atoms with Gasteiger partial charge in [0.25, 0.3) is 0 Å². The van der Waals surface area contributed by atoms with E-state index in [0.29, 0.717) is 6.61 Å². The van der Waals surface area contributed by atoms with E-state index in [2.05, 4.69) is 41.6 Å². The molecule has 1 fully saturated rings. The maximum Gasteiger partial charge on any atom is 0.183 e. The first-order valence-electron chi connectivity index (χ1n) is 7.08. The minimum absolute atomic E-state index is 0.156. The van der Waals surface area contributed by atoms with Crippen LogP contribution in [0.2, 0.25) is 19.6 Å². The monoisotopic (exact) mass is 358 g/mol. The van der Waals surface area contributed by atoms with E-state index in [1.807, 2.05) is 18.2 Å². The van der Waals surface area contributed by atoms with Crippen molar-refractivity contribution in [1.82, 2.24) is 0 Å². The van der Waals surface area contributed by atoms with Crippen molar-refractivity contribution < 1.29 is 13.9 Å². The van der Waals surface area contributed by atoms with Gasteiger partial charge in [0.15, 0.2) is 14.6 Å². The van der Waals surface area contributed by atoms with Crippen molar-refractivity contribution in [1.29, 1.82) is 0 Å². The minimum atomic E-state index is -1.47. The molecule has 1 aliphatic heterocycles. The molecule has 0 aromatic heterocycles. The standard InChI is InChI=1S/C15H23BrO3Si/c1-20(2,3)18-11-13-8-9-17-15(19-13)10-12-6-4-5-7-14(12)16/h4-7,13,15H,8-11H2,1-3H3/t13-,15-/m0/s1. The zero-order valence-corrected chi connectivity index (χ0v) is 15.0. The third kappa shape index (κ3) is 5.29. The summed E-state index contributed by atoms with van der Waals surface area (Å²) in [5, 5.41) is 0. The van der Waals surface area contributed by atoms with Crippen molar-refractivity contribution in [3.63, 3.8) is 0 Å². The van der Waals surface area contributed by atoms with Gasteiger partial charge < -0.3 is 13.9 Å². The maximum absolute atomic E-state index is 5.99. The fraction of sp³-hybridized carbons (Fsp3) is 0.600. The van der Waals surface area contributed by atoms with Gasteiger partial charge in [0.2, 0.25) is 0 Å². The zero-order valence-electron chi connectivity index (χ0n) is 12.4. The molecule has 0 radical (unpaired) electrons. The van der Waals surface area contributed by atoms with E-state index >= 15 is 0 Å². The molecule has 2 atom stereocenters. The van der Waals surface area contributed by atoms with Gasteiger partial charge in [-0.1, -0.05) is 34.1 Å². The number of hydrogen-bond acceptors (Lipinski definition) is 3. The molecule has 0 N–H and O–H groups in total. The lowest BCUT2D eigenvalue weighted by Gasteiger charge is -2.32. The summed E-state index contributed by atoms with van der Waals surface area (Å²) in [4.78, 5) is 0. The highest BCUT2D eigenvalue weighted by atomic mass is 79.9. The molecule has 112 valence electrons. The molecule has 5 heteroatoms. The average molecular weight is 359 g/mol. The minimum Gasteiger partial charge on any atom is -0.415 e. The van der Waals surface area contributed by atoms with Crippen LogP contribution in [0.1, 0.15) is 12.0 Å². The molecular formula is C15H23BrO3Si. The predicted molar refractivity (Wildman–Crippen MR) is 86.4 cm³/mol. The third-order valence-corrected chi connectivity index (χ3v) is 4.94. The summed E-state index contributed by atoms with van der Waals surface area (Å²) in [5.74, 6) is 0. The van der Waals surface area contributed by atoms with Crippen LogP contribution in [0.4, 0.5) is 0 Å². The van der Waals surface area contributed by atoms with Crippen molar-refractivity contribution in [3.05, 3.63) is 34.3 Å². The molecule has 0 bridgehead atoms. The van der Waals surface area contributed by atoms with Crippen molar-refractivity contribution in [2.75, 3.05) is 13.2 Å². The summed E-state index contributed by atoms with van der Waals surface area (Å²) in [6, 6.07) is 8.19. The second kappa shape index (κ2) is 7.18. The SMILES string of the molecule is C[Si](C)(C)OC[C@@H]1CCO[C@H](Cc2ccccc2Br)O1. The van der Waals surface area contributed by atoms with E-state index in [1.54, 1.807) is 0 Å². The van der Waals surface area contributed by atoms with Gasteiger partial charge in [-0.3, -0.25) is 0 Å². The first-order chi connectivity index (χ1) is 9.44. The molecule has 0 aliphatic carbocycles. The van der Waals surface area contributed by atoms with Crippen LogP contribution in [0.5, 0.6) is 0 Å². The van der Waals surface area contributed by atoms with Gasteiger partial charge >= 0.3 is 0 Å². The lowest BCUT2D eigenvalue weighted by Crippen LogP contribution is -2.39. The number of benzene rings is 1. The Hall–Kier alpha value is -0.203. The largest absolute Gasteiger partial charge is 0.415 e. The summed E-state index contributed by atoms with van der Waals surface area (Å²) < 4.78 is 18.8. The lowest BCUT2D eigenvalue weighted by molar-refractivity contribution is -0.217. The molecule has 1 aliphatic rings. The lowest BCUT2D eigenvalue weighted by atomic mass is 10.1. The molecule has 3 nitrogen and oxygen atoms in total. The van der Waals surface area contributed by atoms with E-state index in [1.165, 1.54) is 5.56 Å². The summed E-state index contributed by atoms with van der Waals surface area (Å²) in [6.07, 6.45) is 1.67. The van der Waals surface area contributed by atoms with E-state index in [9.17, 15) is 0 Å². The molecule has 0 unspecified atom stereocenters. The molecule has 1 heterocycles. The van der Waals surface area contributed by atoms with Crippen LogP contribution in [0.3, 0.4) is 0 Å². The van der Waals surface area contributed by atoms with Gasteiger partial charge in [-0.25, -0.2) is 0 Å². The normalized spacial score (nSPS) is 23.8. The highest BCUT2D eigenvalue weighted by Crippen LogP contribution is 2.22. The summed E-state index contributed by atoms with van der Waals surface area (Å²) in [6.45, 7) is 8.03. The van der Waals surface area contributed by atoms with Gasteiger partial charge in [0.05, 0.1) is 19.3 Å². The Kier molecular flexibility index (Phi) is 5.81. The second-order valence-corrected chi connectivity index (χ2v) is 11.4. The van der Waals surface area contributed by atoms with Gasteiger partial charge in [-0.05, 0) is 37.7 Å². The maximum atomic E-state index is 5.99. The van der Waals surface area contributed by atoms with Crippen LogP contribution >= 0.6 is 15.9 Å². The Balaban J connectivity index is 1.86. The van der Waals surface area contributed by atoms with Crippen LogP contribution in [-0.2, 0) is 20.3 Å². The van der Waals surface area contributed by atoms with Gasteiger partial charge in [0.1, 0.15) is 0 Å². The molecule has 2 rings (SSSR count). The summed E-state index contributed by atoms with van der Waals surface area (Å²) in [7, 11) is -1.47. The molecule has 1 aromatic rings. The number of halogens is 1. The van der Waals surface area contributed by atoms with E-state index < -0.39 is 8.32 Å². The fourth-order valence-electron chi connectivity index (χ4n) is 2.07. The first kappa shape index (κ1) is 16.2. The third-order valence-electron chi connectivity index (χ3n) is 3.13. The predicted octanol–water partition coefficient (Wildman–Crippen LogP) is 3.97. The summed E-state index contributed by atoms with van der Waals surface area (Å²) in [5.41, 5.74) is 1.21. The van der Waals surface area contributed by atoms with Crippen LogP contribution in [0.25, 0.3) is 0 Å². The van der Waals surface area contributed by atoms with Crippen LogP contribution in [0.15, 0.2) is 28.7 Å². The molecular weight excluding hydrogens is 336 g/mol. The molecule has 0 saturated carbocycles. The second-order valence-electron chi connectivity index (χ2n) is 6.07. The van der Waals surface area contributed by atoms with Crippen LogP contribution in [-0.4, -0.2) is 33.9 Å².